The van der Waals surface area contributed by atoms with Crippen LogP contribution >= 0.6 is 0 Å². The fourth-order valence-electron chi connectivity index (χ4n) is 1.65. The highest BCUT2D eigenvalue weighted by atomic mass is 19.1. The Kier molecular flexibility index (Phi) is 3.74. The predicted octanol–water partition coefficient (Wildman–Crippen LogP) is 0.509. The van der Waals surface area contributed by atoms with Crippen LogP contribution in [-0.4, -0.2) is 27.2 Å². The largest absolute Gasteiger partial charge is 0.383 e. The van der Waals surface area contributed by atoms with Crippen LogP contribution < -0.4 is 11.1 Å². The van der Waals surface area contributed by atoms with E-state index in [1.54, 1.807) is 10.9 Å². The number of carbonyl (C=O) groups excluding carboxylic acids is 1. The minimum absolute atomic E-state index is 0.0141. The van der Waals surface area contributed by atoms with Crippen LogP contribution in [0.4, 0.5) is 10.2 Å². The number of nitrogens with zero attached hydrogens (tertiary/aromatic N) is 3. The number of nitrogens with one attached hydrogen (secondary N) is 1. The van der Waals surface area contributed by atoms with Crippen LogP contribution in [-0.2, 0) is 13.5 Å². The highest BCUT2D eigenvalue weighted by Gasteiger charge is 2.11. The van der Waals surface area contributed by atoms with Crippen molar-refractivity contribution in [3.63, 3.8) is 0 Å². The molecule has 0 fully saturated rings. The number of hydrogen-bond acceptors (Lipinski definition) is 4. The zero-order valence-corrected chi connectivity index (χ0v) is 10.4. The topological polar surface area (TPSA) is 85.8 Å². The standard InChI is InChI=1S/C12H14FN5O/c1-18-7-8(5-17-18)2-3-15-12(19)10-4-9(13)6-16-11(10)14/h4-7H,2-3H2,1H3,(H2,14,16)(H,15,19). The van der Waals surface area contributed by atoms with Gasteiger partial charge in [0.1, 0.15) is 11.6 Å². The van der Waals surface area contributed by atoms with E-state index in [9.17, 15) is 9.18 Å². The van der Waals surface area contributed by atoms with E-state index >= 15 is 0 Å². The van der Waals surface area contributed by atoms with Crippen LogP contribution in [0.1, 0.15) is 15.9 Å². The Bertz CT molecular complexity index is 596. The van der Waals surface area contributed by atoms with Gasteiger partial charge in [0.05, 0.1) is 18.0 Å². The quantitative estimate of drug-likeness (QED) is 0.841. The number of rotatable bonds is 4. The van der Waals surface area contributed by atoms with Crippen LogP contribution in [0, 0.1) is 5.82 Å². The summed E-state index contributed by atoms with van der Waals surface area (Å²) in [5.41, 5.74) is 6.58. The first-order valence-electron chi connectivity index (χ1n) is 5.73. The molecule has 2 heterocycles. The summed E-state index contributed by atoms with van der Waals surface area (Å²) in [6.45, 7) is 0.417. The third-order valence-electron chi connectivity index (χ3n) is 2.59. The van der Waals surface area contributed by atoms with Gasteiger partial charge in [0.15, 0.2) is 0 Å². The monoisotopic (exact) mass is 263 g/mol. The zero-order valence-electron chi connectivity index (χ0n) is 10.4. The van der Waals surface area contributed by atoms with Crippen LogP contribution in [0.3, 0.4) is 0 Å². The van der Waals surface area contributed by atoms with Crippen LogP contribution in [0.15, 0.2) is 24.7 Å². The van der Waals surface area contributed by atoms with Gasteiger partial charge in [-0.25, -0.2) is 9.37 Å². The second-order valence-electron chi connectivity index (χ2n) is 4.11. The Morgan fingerprint density at radius 3 is 3.00 bits per heavy atom. The molecule has 6 nitrogen and oxygen atoms in total. The van der Waals surface area contributed by atoms with Gasteiger partial charge in [0.25, 0.3) is 5.91 Å². The van der Waals surface area contributed by atoms with Crippen molar-refractivity contribution in [3.05, 3.63) is 41.6 Å². The van der Waals surface area contributed by atoms with E-state index in [1.165, 1.54) is 0 Å². The van der Waals surface area contributed by atoms with Gasteiger partial charge in [-0.2, -0.15) is 5.10 Å². The number of amides is 1. The predicted molar refractivity (Wildman–Crippen MR) is 67.9 cm³/mol. The summed E-state index contributed by atoms with van der Waals surface area (Å²) in [5.74, 6) is -1.01. The molecule has 0 bridgehead atoms. The van der Waals surface area contributed by atoms with Crippen molar-refractivity contribution in [2.24, 2.45) is 7.05 Å². The van der Waals surface area contributed by atoms with E-state index in [0.717, 1.165) is 17.8 Å². The molecule has 0 spiro atoms. The highest BCUT2D eigenvalue weighted by molar-refractivity contribution is 5.98. The fraction of sp³-hybridized carbons (Fsp3) is 0.250. The molecule has 7 heteroatoms. The Morgan fingerprint density at radius 1 is 1.53 bits per heavy atom. The maximum absolute atomic E-state index is 13.0. The molecule has 19 heavy (non-hydrogen) atoms. The summed E-state index contributed by atoms with van der Waals surface area (Å²) < 4.78 is 14.7. The number of aromatic nitrogens is 3. The number of anilines is 1. The van der Waals surface area contributed by atoms with E-state index in [2.05, 4.69) is 15.4 Å². The summed E-state index contributed by atoms with van der Waals surface area (Å²) in [5, 5.41) is 6.68. The first kappa shape index (κ1) is 13.0. The zero-order chi connectivity index (χ0) is 13.8. The summed E-state index contributed by atoms with van der Waals surface area (Å²) >= 11 is 0. The molecular formula is C12H14FN5O. The van der Waals surface area contributed by atoms with Crippen molar-refractivity contribution in [2.75, 3.05) is 12.3 Å². The van der Waals surface area contributed by atoms with Gasteiger partial charge < -0.3 is 11.1 Å². The Labute approximate surface area is 109 Å². The van der Waals surface area contributed by atoms with Crippen molar-refractivity contribution >= 4 is 11.7 Å². The molecule has 3 N–H and O–H groups in total. The van der Waals surface area contributed by atoms with Crippen molar-refractivity contribution in [2.45, 2.75) is 6.42 Å². The number of aryl methyl sites for hydroxylation is 1. The lowest BCUT2D eigenvalue weighted by atomic mass is 10.2. The van der Waals surface area contributed by atoms with Gasteiger partial charge in [-0.15, -0.1) is 0 Å². The SMILES string of the molecule is Cn1cc(CCNC(=O)c2cc(F)cnc2N)cn1. The molecule has 2 rings (SSSR count). The average Bonchev–Trinajstić information content (AvgIpc) is 2.78. The number of nitrogens with two attached hydrogens (primary N) is 1. The number of hydrogen-bond donors (Lipinski definition) is 2. The molecule has 100 valence electrons. The van der Waals surface area contributed by atoms with E-state index in [0.29, 0.717) is 13.0 Å². The number of nitrogen functional groups attached to an aromatic ring is 1. The molecular weight excluding hydrogens is 249 g/mol. The maximum Gasteiger partial charge on any atom is 0.255 e. The third-order valence-corrected chi connectivity index (χ3v) is 2.59. The van der Waals surface area contributed by atoms with E-state index in [1.807, 2.05) is 13.2 Å². The van der Waals surface area contributed by atoms with E-state index < -0.39 is 11.7 Å². The average molecular weight is 263 g/mol. The second kappa shape index (κ2) is 5.47. The molecule has 0 unspecified atom stereocenters. The van der Waals surface area contributed by atoms with Crippen molar-refractivity contribution in [3.8, 4) is 0 Å². The Balaban J connectivity index is 1.92. The molecule has 0 radical (unpaired) electrons. The van der Waals surface area contributed by atoms with Crippen LogP contribution in [0.25, 0.3) is 0 Å². The van der Waals surface area contributed by atoms with Crippen molar-refractivity contribution in [1.82, 2.24) is 20.1 Å². The molecule has 0 aliphatic heterocycles. The summed E-state index contributed by atoms with van der Waals surface area (Å²) in [6.07, 6.45) is 5.21. The summed E-state index contributed by atoms with van der Waals surface area (Å²) in [4.78, 5) is 15.4. The van der Waals surface area contributed by atoms with Gasteiger partial charge in [-0.05, 0) is 18.1 Å². The van der Waals surface area contributed by atoms with E-state index in [4.69, 9.17) is 5.73 Å². The van der Waals surface area contributed by atoms with Crippen LogP contribution in [0.2, 0.25) is 0 Å². The summed E-state index contributed by atoms with van der Waals surface area (Å²) in [6, 6.07) is 1.07. The Morgan fingerprint density at radius 2 is 2.32 bits per heavy atom. The van der Waals surface area contributed by atoms with Gasteiger partial charge in [-0.1, -0.05) is 0 Å². The fourth-order valence-corrected chi connectivity index (χ4v) is 1.65. The molecule has 0 aliphatic carbocycles. The first-order valence-corrected chi connectivity index (χ1v) is 5.73. The van der Waals surface area contributed by atoms with Gasteiger partial charge in [0, 0.05) is 19.8 Å². The smallest absolute Gasteiger partial charge is 0.255 e. The third kappa shape index (κ3) is 3.27. The number of halogens is 1. The molecule has 2 aromatic heterocycles. The second-order valence-corrected chi connectivity index (χ2v) is 4.11. The van der Waals surface area contributed by atoms with Gasteiger partial charge in [-0.3, -0.25) is 9.48 Å². The Hall–Kier alpha value is -2.44. The van der Waals surface area contributed by atoms with Gasteiger partial charge in [0.2, 0.25) is 0 Å². The van der Waals surface area contributed by atoms with E-state index in [-0.39, 0.29) is 11.4 Å². The first-order chi connectivity index (χ1) is 9.06. The molecule has 1 amide bonds. The lowest BCUT2D eigenvalue weighted by molar-refractivity contribution is 0.0954. The number of carbonyl (C=O) groups is 1. The van der Waals surface area contributed by atoms with Crippen molar-refractivity contribution < 1.29 is 9.18 Å². The minimum Gasteiger partial charge on any atom is -0.383 e. The summed E-state index contributed by atoms with van der Waals surface area (Å²) in [7, 11) is 1.82. The minimum atomic E-state index is -0.591. The van der Waals surface area contributed by atoms with Crippen molar-refractivity contribution in [1.29, 1.82) is 0 Å². The molecule has 0 saturated carbocycles. The normalized spacial score (nSPS) is 10.4. The van der Waals surface area contributed by atoms with Gasteiger partial charge >= 0.3 is 0 Å². The lowest BCUT2D eigenvalue weighted by Crippen LogP contribution is -2.26. The molecule has 0 aromatic carbocycles. The van der Waals surface area contributed by atoms with Crippen LogP contribution in [0.5, 0.6) is 0 Å². The molecule has 0 aliphatic rings. The number of pyridine rings is 1. The highest BCUT2D eigenvalue weighted by Crippen LogP contribution is 2.09. The molecule has 0 atom stereocenters. The molecule has 0 saturated heterocycles. The lowest BCUT2D eigenvalue weighted by Gasteiger charge is -2.06. The molecule has 2 aromatic rings. The maximum atomic E-state index is 13.0.